The van der Waals surface area contributed by atoms with Gasteiger partial charge in [0.25, 0.3) is 0 Å². The molecule has 1 atom stereocenters. The van der Waals surface area contributed by atoms with Crippen LogP contribution in [-0.2, 0) is 14.8 Å². The van der Waals surface area contributed by atoms with E-state index in [4.69, 9.17) is 16.3 Å². The molecule has 172 valence electrons. The number of methoxy groups -OCH3 is 1. The Morgan fingerprint density at radius 3 is 2.38 bits per heavy atom. The highest BCUT2D eigenvalue weighted by Gasteiger charge is 2.36. The topological polar surface area (TPSA) is 70.2 Å². The van der Waals surface area contributed by atoms with E-state index in [1.807, 2.05) is 29.2 Å². The highest BCUT2D eigenvalue weighted by molar-refractivity contribution is 7.89. The summed E-state index contributed by atoms with van der Waals surface area (Å²) < 4.78 is 33.0. The van der Waals surface area contributed by atoms with Gasteiger partial charge in [0.05, 0.1) is 23.6 Å². The van der Waals surface area contributed by atoms with E-state index < -0.39 is 10.0 Å². The highest BCUT2D eigenvalue weighted by atomic mass is 35.5. The van der Waals surface area contributed by atoms with Crippen molar-refractivity contribution in [2.45, 2.75) is 17.7 Å². The number of piperazine rings is 1. The van der Waals surface area contributed by atoms with Gasteiger partial charge >= 0.3 is 0 Å². The van der Waals surface area contributed by atoms with Crippen LogP contribution in [0, 0.1) is 5.92 Å². The molecule has 2 aliphatic rings. The molecule has 0 N–H and O–H groups in total. The molecule has 0 saturated carbocycles. The molecule has 0 spiro atoms. The number of rotatable bonds is 5. The molecule has 2 fully saturated rings. The second-order valence-corrected chi connectivity index (χ2v) is 10.5. The number of amides is 1. The molecule has 1 amide bonds. The normalized spacial score (nSPS) is 20.2. The predicted molar refractivity (Wildman–Crippen MR) is 125 cm³/mol. The fraction of sp³-hybridized carbons (Fsp3) is 0.435. The van der Waals surface area contributed by atoms with Gasteiger partial charge < -0.3 is 14.5 Å². The number of anilines is 1. The molecule has 32 heavy (non-hydrogen) atoms. The Kier molecular flexibility index (Phi) is 6.93. The molecular weight excluding hydrogens is 450 g/mol. The Bertz CT molecular complexity index is 1050. The summed E-state index contributed by atoms with van der Waals surface area (Å²) in [5, 5.41) is 0.489. The second kappa shape index (κ2) is 9.68. The largest absolute Gasteiger partial charge is 0.495 e. The first-order valence-corrected chi connectivity index (χ1v) is 12.6. The number of hydrogen-bond donors (Lipinski definition) is 0. The Morgan fingerprint density at radius 1 is 1.00 bits per heavy atom. The summed E-state index contributed by atoms with van der Waals surface area (Å²) in [6.07, 6.45) is 1.38. The number of benzene rings is 2. The maximum absolute atomic E-state index is 13.2. The average Bonchev–Trinajstić information content (AvgIpc) is 2.84. The molecule has 2 saturated heterocycles. The monoisotopic (exact) mass is 477 g/mol. The number of halogens is 1. The standard InChI is InChI=1S/C23H28ClN3O4S/c1-31-22-7-3-2-6-21(22)25-13-15-26(16-14-25)23(28)18-5-4-12-27(17-18)32(29,30)20-10-8-19(24)9-11-20/h2-3,6-11,18H,4-5,12-17H2,1H3/t18-/m0/s1. The van der Waals surface area contributed by atoms with E-state index in [0.717, 1.165) is 11.4 Å². The van der Waals surface area contributed by atoms with Crippen LogP contribution in [0.1, 0.15) is 12.8 Å². The third-order valence-corrected chi connectivity index (χ3v) is 8.33. The Morgan fingerprint density at radius 2 is 1.69 bits per heavy atom. The summed E-state index contributed by atoms with van der Waals surface area (Å²) in [5.74, 6) is 0.548. The molecule has 2 heterocycles. The maximum atomic E-state index is 13.2. The minimum Gasteiger partial charge on any atom is -0.495 e. The van der Waals surface area contributed by atoms with Gasteiger partial charge in [-0.2, -0.15) is 4.31 Å². The number of hydrogen-bond acceptors (Lipinski definition) is 5. The van der Waals surface area contributed by atoms with Crippen molar-refractivity contribution in [3.63, 3.8) is 0 Å². The Hall–Kier alpha value is -2.29. The zero-order valence-electron chi connectivity index (χ0n) is 18.1. The maximum Gasteiger partial charge on any atom is 0.243 e. The fourth-order valence-electron chi connectivity index (χ4n) is 4.43. The third-order valence-electron chi connectivity index (χ3n) is 6.20. The van der Waals surface area contributed by atoms with Crippen molar-refractivity contribution in [3.05, 3.63) is 53.6 Å². The van der Waals surface area contributed by atoms with Gasteiger partial charge in [-0.3, -0.25) is 4.79 Å². The Labute approximate surface area is 194 Å². The predicted octanol–water partition coefficient (Wildman–Crippen LogP) is 3.10. The van der Waals surface area contributed by atoms with Crippen LogP contribution in [0.2, 0.25) is 5.02 Å². The number of carbonyl (C=O) groups excluding carboxylic acids is 1. The van der Waals surface area contributed by atoms with Crippen molar-refractivity contribution < 1.29 is 17.9 Å². The van der Waals surface area contributed by atoms with Crippen LogP contribution < -0.4 is 9.64 Å². The van der Waals surface area contributed by atoms with E-state index in [1.54, 1.807) is 19.2 Å². The van der Waals surface area contributed by atoms with Gasteiger partial charge in [-0.05, 0) is 49.2 Å². The van der Waals surface area contributed by atoms with Crippen LogP contribution in [0.5, 0.6) is 5.75 Å². The average molecular weight is 478 g/mol. The Balaban J connectivity index is 1.39. The summed E-state index contributed by atoms with van der Waals surface area (Å²) in [6, 6.07) is 14.1. The van der Waals surface area contributed by atoms with E-state index in [9.17, 15) is 13.2 Å². The molecule has 2 aliphatic heterocycles. The molecule has 0 aliphatic carbocycles. The molecule has 2 aromatic rings. The van der Waals surface area contributed by atoms with Crippen LogP contribution in [0.25, 0.3) is 0 Å². The molecule has 0 radical (unpaired) electrons. The first-order chi connectivity index (χ1) is 15.4. The summed E-state index contributed by atoms with van der Waals surface area (Å²) >= 11 is 5.90. The highest BCUT2D eigenvalue weighted by Crippen LogP contribution is 2.30. The van der Waals surface area contributed by atoms with Gasteiger partial charge in [0.1, 0.15) is 5.75 Å². The van der Waals surface area contributed by atoms with E-state index in [1.165, 1.54) is 16.4 Å². The molecule has 0 bridgehead atoms. The van der Waals surface area contributed by atoms with Gasteiger partial charge in [-0.1, -0.05) is 23.7 Å². The molecule has 7 nitrogen and oxygen atoms in total. The number of nitrogens with zero attached hydrogens (tertiary/aromatic N) is 3. The fourth-order valence-corrected chi connectivity index (χ4v) is 6.08. The zero-order valence-corrected chi connectivity index (χ0v) is 19.7. The van der Waals surface area contributed by atoms with Crippen molar-refractivity contribution in [3.8, 4) is 5.75 Å². The van der Waals surface area contributed by atoms with Crippen LogP contribution in [0.3, 0.4) is 0 Å². The number of piperidine rings is 1. The lowest BCUT2D eigenvalue weighted by molar-refractivity contribution is -0.137. The minimum atomic E-state index is -3.65. The van der Waals surface area contributed by atoms with Crippen LogP contribution >= 0.6 is 11.6 Å². The molecular formula is C23H28ClN3O4S. The van der Waals surface area contributed by atoms with Gasteiger partial charge in [0, 0.05) is 44.3 Å². The van der Waals surface area contributed by atoms with E-state index in [-0.39, 0.29) is 23.3 Å². The van der Waals surface area contributed by atoms with Crippen LogP contribution in [-0.4, -0.2) is 69.9 Å². The first-order valence-electron chi connectivity index (χ1n) is 10.8. The quantitative estimate of drug-likeness (QED) is 0.661. The van der Waals surface area contributed by atoms with Gasteiger partial charge in [-0.15, -0.1) is 0 Å². The molecule has 0 unspecified atom stereocenters. The number of para-hydroxylation sites is 2. The van der Waals surface area contributed by atoms with E-state index in [2.05, 4.69) is 4.90 Å². The summed E-state index contributed by atoms with van der Waals surface area (Å²) in [5.41, 5.74) is 1.03. The zero-order chi connectivity index (χ0) is 22.7. The third kappa shape index (κ3) is 4.72. The molecule has 9 heteroatoms. The van der Waals surface area contributed by atoms with E-state index in [0.29, 0.717) is 50.6 Å². The van der Waals surface area contributed by atoms with Crippen molar-refractivity contribution >= 4 is 33.2 Å². The lowest BCUT2D eigenvalue weighted by atomic mass is 9.97. The van der Waals surface area contributed by atoms with Crippen molar-refractivity contribution in [1.82, 2.24) is 9.21 Å². The first kappa shape index (κ1) is 22.9. The smallest absolute Gasteiger partial charge is 0.243 e. The molecule has 0 aromatic heterocycles. The molecule has 4 rings (SSSR count). The summed E-state index contributed by atoms with van der Waals surface area (Å²) in [7, 11) is -1.99. The van der Waals surface area contributed by atoms with Gasteiger partial charge in [0.2, 0.25) is 15.9 Å². The SMILES string of the molecule is COc1ccccc1N1CCN(C(=O)[C@H]2CCCN(S(=O)(=O)c3ccc(Cl)cc3)C2)CC1. The van der Waals surface area contributed by atoms with Crippen molar-refractivity contribution in [2.24, 2.45) is 5.92 Å². The molecule has 2 aromatic carbocycles. The summed E-state index contributed by atoms with van der Waals surface area (Å²) in [6.45, 7) is 3.29. The lowest BCUT2D eigenvalue weighted by Gasteiger charge is -2.39. The number of carbonyl (C=O) groups is 1. The minimum absolute atomic E-state index is 0.0423. The van der Waals surface area contributed by atoms with E-state index >= 15 is 0 Å². The van der Waals surface area contributed by atoms with Crippen molar-refractivity contribution in [1.29, 1.82) is 0 Å². The van der Waals surface area contributed by atoms with Gasteiger partial charge in [0.15, 0.2) is 0 Å². The second-order valence-electron chi connectivity index (χ2n) is 8.14. The summed E-state index contributed by atoms with van der Waals surface area (Å²) in [4.78, 5) is 17.5. The van der Waals surface area contributed by atoms with Crippen LogP contribution in [0.15, 0.2) is 53.4 Å². The van der Waals surface area contributed by atoms with Crippen molar-refractivity contribution in [2.75, 3.05) is 51.3 Å². The number of sulfonamides is 1. The van der Waals surface area contributed by atoms with Crippen LogP contribution in [0.4, 0.5) is 5.69 Å². The lowest BCUT2D eigenvalue weighted by Crippen LogP contribution is -2.53. The number of ether oxygens (including phenoxy) is 1. The van der Waals surface area contributed by atoms with Gasteiger partial charge in [-0.25, -0.2) is 8.42 Å².